The van der Waals surface area contributed by atoms with Gasteiger partial charge in [-0.3, -0.25) is 4.79 Å². The maximum atomic E-state index is 13.6. The van der Waals surface area contributed by atoms with Gasteiger partial charge < -0.3 is 14.4 Å². The van der Waals surface area contributed by atoms with Crippen molar-refractivity contribution in [1.82, 2.24) is 4.90 Å². The van der Waals surface area contributed by atoms with Crippen molar-refractivity contribution in [2.75, 3.05) is 20.8 Å². The lowest BCUT2D eigenvalue weighted by Gasteiger charge is -2.18. The van der Waals surface area contributed by atoms with Gasteiger partial charge in [0, 0.05) is 25.2 Å². The SMILES string of the molecule is COc1cc(C#N)ccc1OCC(=O)N(C)Cc1ccccc1F. The van der Waals surface area contributed by atoms with Crippen LogP contribution >= 0.6 is 0 Å². The predicted octanol–water partition coefficient (Wildman–Crippen LogP) is 2.74. The van der Waals surface area contributed by atoms with Crippen LogP contribution < -0.4 is 9.47 Å². The summed E-state index contributed by atoms with van der Waals surface area (Å²) in [6.45, 7) is -0.0629. The van der Waals surface area contributed by atoms with Gasteiger partial charge in [-0.05, 0) is 18.2 Å². The molecule has 1 amide bonds. The number of nitrogens with zero attached hydrogens (tertiary/aromatic N) is 2. The molecule has 0 aliphatic rings. The lowest BCUT2D eigenvalue weighted by molar-refractivity contribution is -0.132. The van der Waals surface area contributed by atoms with Crippen LogP contribution in [0.4, 0.5) is 4.39 Å². The standard InChI is InChI=1S/C18H17FN2O3/c1-21(11-14-5-3-4-6-15(14)19)18(22)12-24-16-8-7-13(10-20)9-17(16)23-2/h3-9H,11-12H2,1-2H3. The minimum atomic E-state index is -0.355. The third-order valence-corrected chi connectivity index (χ3v) is 3.43. The molecular formula is C18H17FN2O3. The van der Waals surface area contributed by atoms with E-state index in [-0.39, 0.29) is 24.9 Å². The number of hydrogen-bond acceptors (Lipinski definition) is 4. The van der Waals surface area contributed by atoms with Crippen LogP contribution in [0.25, 0.3) is 0 Å². The molecule has 0 N–H and O–H groups in total. The summed E-state index contributed by atoms with van der Waals surface area (Å²) >= 11 is 0. The molecule has 0 atom stereocenters. The van der Waals surface area contributed by atoms with Gasteiger partial charge in [-0.1, -0.05) is 18.2 Å². The van der Waals surface area contributed by atoms with Crippen molar-refractivity contribution < 1.29 is 18.7 Å². The van der Waals surface area contributed by atoms with E-state index in [9.17, 15) is 9.18 Å². The molecule has 0 fully saturated rings. The first-order valence-electron chi connectivity index (χ1n) is 7.23. The number of halogens is 1. The highest BCUT2D eigenvalue weighted by atomic mass is 19.1. The van der Waals surface area contributed by atoms with Gasteiger partial charge in [-0.2, -0.15) is 5.26 Å². The first kappa shape index (κ1) is 17.3. The Bertz CT molecular complexity index is 771. The van der Waals surface area contributed by atoms with Crippen LogP contribution in [0.2, 0.25) is 0 Å². The number of nitriles is 1. The molecule has 24 heavy (non-hydrogen) atoms. The third-order valence-electron chi connectivity index (χ3n) is 3.43. The number of methoxy groups -OCH3 is 1. The summed E-state index contributed by atoms with van der Waals surface area (Å²) < 4.78 is 24.2. The van der Waals surface area contributed by atoms with Crippen LogP contribution in [0, 0.1) is 17.1 Å². The van der Waals surface area contributed by atoms with Crippen molar-refractivity contribution in [2.24, 2.45) is 0 Å². The first-order valence-corrected chi connectivity index (χ1v) is 7.23. The fourth-order valence-corrected chi connectivity index (χ4v) is 2.08. The summed E-state index contributed by atoms with van der Waals surface area (Å²) in [5.41, 5.74) is 0.867. The fraction of sp³-hybridized carbons (Fsp3) is 0.222. The molecule has 5 nitrogen and oxygen atoms in total. The molecule has 0 saturated carbocycles. The van der Waals surface area contributed by atoms with Gasteiger partial charge in [0.2, 0.25) is 0 Å². The number of ether oxygens (including phenoxy) is 2. The molecule has 2 aromatic rings. The van der Waals surface area contributed by atoms with Crippen LogP contribution in [-0.4, -0.2) is 31.6 Å². The Kier molecular flexibility index (Phi) is 5.74. The van der Waals surface area contributed by atoms with E-state index in [0.717, 1.165) is 0 Å². The van der Waals surface area contributed by atoms with Crippen molar-refractivity contribution in [2.45, 2.75) is 6.54 Å². The van der Waals surface area contributed by atoms with E-state index in [1.54, 1.807) is 37.4 Å². The van der Waals surface area contributed by atoms with Crippen LogP contribution in [0.3, 0.4) is 0 Å². The van der Waals surface area contributed by atoms with Gasteiger partial charge in [-0.25, -0.2) is 4.39 Å². The Labute approximate surface area is 139 Å². The number of likely N-dealkylation sites (N-methyl/N-ethyl adjacent to an activating group) is 1. The van der Waals surface area contributed by atoms with Crippen LogP contribution in [0.1, 0.15) is 11.1 Å². The Hall–Kier alpha value is -3.07. The maximum Gasteiger partial charge on any atom is 0.260 e. The number of carbonyl (C=O) groups is 1. The smallest absolute Gasteiger partial charge is 0.260 e. The van der Waals surface area contributed by atoms with Gasteiger partial charge >= 0.3 is 0 Å². The van der Waals surface area contributed by atoms with Gasteiger partial charge in [0.25, 0.3) is 5.91 Å². The Morgan fingerprint density at radius 3 is 2.67 bits per heavy atom. The molecule has 2 rings (SSSR count). The summed E-state index contributed by atoms with van der Waals surface area (Å²) in [5.74, 6) is 0.0826. The number of carbonyl (C=O) groups excluding carboxylic acids is 1. The quantitative estimate of drug-likeness (QED) is 0.818. The minimum absolute atomic E-state index is 0.152. The molecule has 2 aromatic carbocycles. The molecule has 0 heterocycles. The molecule has 0 bridgehead atoms. The Morgan fingerprint density at radius 1 is 1.25 bits per heavy atom. The highest BCUT2D eigenvalue weighted by Gasteiger charge is 2.14. The second kappa shape index (κ2) is 7.97. The topological polar surface area (TPSA) is 62.6 Å². The number of benzene rings is 2. The van der Waals surface area contributed by atoms with E-state index in [0.29, 0.717) is 22.6 Å². The van der Waals surface area contributed by atoms with Gasteiger partial charge in [-0.15, -0.1) is 0 Å². The van der Waals surface area contributed by atoms with Gasteiger partial charge in [0.1, 0.15) is 5.82 Å². The molecule has 0 aliphatic heterocycles. The van der Waals surface area contributed by atoms with E-state index in [4.69, 9.17) is 14.7 Å². The molecule has 0 radical (unpaired) electrons. The van der Waals surface area contributed by atoms with Crippen molar-refractivity contribution in [3.8, 4) is 17.6 Å². The molecule has 0 aliphatic carbocycles. The van der Waals surface area contributed by atoms with Crippen molar-refractivity contribution >= 4 is 5.91 Å². The van der Waals surface area contributed by atoms with E-state index in [1.165, 1.54) is 24.1 Å². The summed E-state index contributed by atoms with van der Waals surface area (Å²) in [5, 5.41) is 8.86. The fourth-order valence-electron chi connectivity index (χ4n) is 2.08. The maximum absolute atomic E-state index is 13.6. The number of hydrogen-bond donors (Lipinski definition) is 0. The van der Waals surface area contributed by atoms with E-state index in [2.05, 4.69) is 0 Å². The largest absolute Gasteiger partial charge is 0.493 e. The van der Waals surface area contributed by atoms with Crippen molar-refractivity contribution in [1.29, 1.82) is 5.26 Å². The minimum Gasteiger partial charge on any atom is -0.493 e. The second-order valence-corrected chi connectivity index (χ2v) is 5.11. The average Bonchev–Trinajstić information content (AvgIpc) is 2.61. The first-order chi connectivity index (χ1) is 11.5. The van der Waals surface area contributed by atoms with Crippen molar-refractivity contribution in [3.05, 3.63) is 59.4 Å². The summed E-state index contributed by atoms with van der Waals surface area (Å²) in [4.78, 5) is 13.5. The average molecular weight is 328 g/mol. The van der Waals surface area contributed by atoms with Crippen molar-refractivity contribution in [3.63, 3.8) is 0 Å². The molecular weight excluding hydrogens is 311 g/mol. The zero-order valence-corrected chi connectivity index (χ0v) is 13.5. The molecule has 0 spiro atoms. The predicted molar refractivity (Wildman–Crippen MR) is 86.1 cm³/mol. The molecule has 0 saturated heterocycles. The highest BCUT2D eigenvalue weighted by molar-refractivity contribution is 5.77. The van der Waals surface area contributed by atoms with Crippen LogP contribution in [0.5, 0.6) is 11.5 Å². The highest BCUT2D eigenvalue weighted by Crippen LogP contribution is 2.27. The van der Waals surface area contributed by atoms with E-state index >= 15 is 0 Å². The second-order valence-electron chi connectivity index (χ2n) is 5.11. The molecule has 124 valence electrons. The normalized spacial score (nSPS) is 9.92. The summed E-state index contributed by atoms with van der Waals surface area (Å²) in [6.07, 6.45) is 0. The van der Waals surface area contributed by atoms with Crippen LogP contribution in [-0.2, 0) is 11.3 Å². The lowest BCUT2D eigenvalue weighted by atomic mass is 10.2. The van der Waals surface area contributed by atoms with E-state index in [1.807, 2.05) is 6.07 Å². The lowest BCUT2D eigenvalue weighted by Crippen LogP contribution is -2.31. The Morgan fingerprint density at radius 2 is 2.00 bits per heavy atom. The monoisotopic (exact) mass is 328 g/mol. The summed E-state index contributed by atoms with van der Waals surface area (Å²) in [7, 11) is 3.03. The molecule has 0 aromatic heterocycles. The van der Waals surface area contributed by atoms with E-state index < -0.39 is 0 Å². The Balaban J connectivity index is 1.98. The van der Waals surface area contributed by atoms with Gasteiger partial charge in [0.05, 0.1) is 18.7 Å². The van der Waals surface area contributed by atoms with Gasteiger partial charge in [0.15, 0.2) is 18.1 Å². The number of amides is 1. The molecule has 0 unspecified atom stereocenters. The third kappa shape index (κ3) is 4.23. The zero-order chi connectivity index (χ0) is 17.5. The zero-order valence-electron chi connectivity index (χ0n) is 13.5. The van der Waals surface area contributed by atoms with Crippen LogP contribution in [0.15, 0.2) is 42.5 Å². The summed E-state index contributed by atoms with van der Waals surface area (Å²) in [6, 6.07) is 13.0. The molecule has 6 heteroatoms. The number of rotatable bonds is 6.